The number of fused-ring (bicyclic) bond motifs is 1. The van der Waals surface area contributed by atoms with E-state index in [1.165, 1.54) is 22.9 Å². The molecule has 152 valence electrons. The zero-order valence-corrected chi connectivity index (χ0v) is 15.6. The van der Waals surface area contributed by atoms with Gasteiger partial charge in [0, 0.05) is 30.7 Å². The summed E-state index contributed by atoms with van der Waals surface area (Å²) in [7, 11) is 3.07. The van der Waals surface area contributed by atoms with Crippen LogP contribution in [0.3, 0.4) is 0 Å². The van der Waals surface area contributed by atoms with Gasteiger partial charge in [-0.05, 0) is 23.6 Å². The van der Waals surface area contributed by atoms with Crippen LogP contribution >= 0.6 is 0 Å². The van der Waals surface area contributed by atoms with Crippen molar-refractivity contribution in [2.75, 3.05) is 23.9 Å². The molecule has 0 unspecified atom stereocenters. The maximum Gasteiger partial charge on any atom is 0.458 e. The van der Waals surface area contributed by atoms with Gasteiger partial charge in [-0.2, -0.15) is 22.0 Å². The molecule has 3 aromatic rings. The Bertz CT molecular complexity index is 1040. The Kier molecular flexibility index (Phi) is 5.21. The predicted octanol–water partition coefficient (Wildman–Crippen LogP) is 6.00. The fraction of sp³-hybridized carbons (Fsp3) is 0.190. The summed E-state index contributed by atoms with van der Waals surface area (Å²) in [6.07, 6.45) is -5.70. The summed E-state index contributed by atoms with van der Waals surface area (Å²) < 4.78 is 65.5. The summed E-state index contributed by atoms with van der Waals surface area (Å²) >= 11 is 0. The number of halogens is 5. The summed E-state index contributed by atoms with van der Waals surface area (Å²) in [6.45, 7) is 0. The SMILES string of the molecule is CN(C(=N)N(C)c1cccc2ccccc12)c1cccc(C(F)(F)C(F)(F)F)c1. The Morgan fingerprint density at radius 2 is 1.41 bits per heavy atom. The van der Waals surface area contributed by atoms with Crippen LogP contribution in [0.5, 0.6) is 0 Å². The van der Waals surface area contributed by atoms with Crippen molar-refractivity contribution >= 4 is 28.1 Å². The molecule has 3 rings (SSSR count). The Morgan fingerprint density at radius 1 is 0.793 bits per heavy atom. The van der Waals surface area contributed by atoms with Gasteiger partial charge in [-0.15, -0.1) is 0 Å². The van der Waals surface area contributed by atoms with Crippen LogP contribution in [-0.2, 0) is 5.92 Å². The highest BCUT2D eigenvalue weighted by atomic mass is 19.4. The standard InChI is InChI=1S/C21H18F5N3/c1-28(16-10-6-9-15(13-16)20(22,23)21(24,25)26)19(27)29(2)18-12-5-8-14-7-3-4-11-17(14)18/h3-13,27H,1-2H3. The number of alkyl halides is 5. The molecule has 0 saturated carbocycles. The fourth-order valence-electron chi connectivity index (χ4n) is 3.04. The first kappa shape index (κ1) is 20.6. The van der Waals surface area contributed by atoms with E-state index in [1.54, 1.807) is 13.1 Å². The van der Waals surface area contributed by atoms with Crippen LogP contribution < -0.4 is 9.80 Å². The number of nitrogens with zero attached hydrogens (tertiary/aromatic N) is 2. The first-order chi connectivity index (χ1) is 13.5. The Morgan fingerprint density at radius 3 is 2.10 bits per heavy atom. The predicted molar refractivity (Wildman–Crippen MR) is 105 cm³/mol. The summed E-state index contributed by atoms with van der Waals surface area (Å²) in [5, 5.41) is 10.3. The highest BCUT2D eigenvalue weighted by molar-refractivity contribution is 6.09. The second kappa shape index (κ2) is 7.35. The van der Waals surface area contributed by atoms with Gasteiger partial charge in [0.15, 0.2) is 0 Å². The minimum Gasteiger partial charge on any atom is -0.316 e. The van der Waals surface area contributed by atoms with Gasteiger partial charge in [0.1, 0.15) is 0 Å². The van der Waals surface area contributed by atoms with Gasteiger partial charge >= 0.3 is 12.1 Å². The lowest BCUT2D eigenvalue weighted by atomic mass is 10.1. The van der Waals surface area contributed by atoms with E-state index in [0.29, 0.717) is 5.69 Å². The van der Waals surface area contributed by atoms with E-state index in [2.05, 4.69) is 0 Å². The molecule has 1 N–H and O–H groups in total. The quantitative estimate of drug-likeness (QED) is 0.328. The van der Waals surface area contributed by atoms with E-state index >= 15 is 0 Å². The van der Waals surface area contributed by atoms with Gasteiger partial charge < -0.3 is 9.80 Å². The first-order valence-corrected chi connectivity index (χ1v) is 8.63. The normalized spacial score (nSPS) is 12.1. The highest BCUT2D eigenvalue weighted by Gasteiger charge is 2.58. The second-order valence-electron chi connectivity index (χ2n) is 6.56. The zero-order valence-electron chi connectivity index (χ0n) is 15.6. The maximum absolute atomic E-state index is 13.7. The van der Waals surface area contributed by atoms with Gasteiger partial charge in [0.2, 0.25) is 5.96 Å². The van der Waals surface area contributed by atoms with Gasteiger partial charge in [0.05, 0.1) is 5.69 Å². The summed E-state index contributed by atoms with van der Waals surface area (Å²) in [5.74, 6) is -5.07. The number of benzene rings is 3. The fourth-order valence-corrected chi connectivity index (χ4v) is 3.04. The number of guanidine groups is 1. The molecule has 29 heavy (non-hydrogen) atoms. The molecular weight excluding hydrogens is 389 g/mol. The van der Waals surface area contributed by atoms with Crippen molar-refractivity contribution < 1.29 is 22.0 Å². The van der Waals surface area contributed by atoms with Crippen LogP contribution in [0.4, 0.5) is 33.3 Å². The highest BCUT2D eigenvalue weighted by Crippen LogP contribution is 2.44. The van der Waals surface area contributed by atoms with Gasteiger partial charge in [-0.25, -0.2) is 0 Å². The molecule has 3 aromatic carbocycles. The molecule has 3 nitrogen and oxygen atoms in total. The van der Waals surface area contributed by atoms with E-state index in [-0.39, 0.29) is 11.6 Å². The lowest BCUT2D eigenvalue weighted by Crippen LogP contribution is -2.40. The number of nitrogens with one attached hydrogen (secondary N) is 1. The molecular formula is C21H18F5N3. The number of hydrogen-bond acceptors (Lipinski definition) is 1. The lowest BCUT2D eigenvalue weighted by Gasteiger charge is -2.29. The Balaban J connectivity index is 1.93. The smallest absolute Gasteiger partial charge is 0.316 e. The summed E-state index contributed by atoms with van der Waals surface area (Å²) in [4.78, 5) is 2.79. The van der Waals surface area contributed by atoms with Crippen LogP contribution in [0, 0.1) is 5.41 Å². The third-order valence-electron chi connectivity index (χ3n) is 4.72. The van der Waals surface area contributed by atoms with Crippen molar-refractivity contribution in [3.63, 3.8) is 0 Å². The molecule has 8 heteroatoms. The minimum atomic E-state index is -5.70. The molecule has 0 aliphatic heterocycles. The molecule has 0 heterocycles. The van der Waals surface area contributed by atoms with E-state index in [9.17, 15) is 22.0 Å². The van der Waals surface area contributed by atoms with Crippen molar-refractivity contribution in [2.24, 2.45) is 0 Å². The molecule has 0 fully saturated rings. The average molecular weight is 407 g/mol. The molecule has 0 amide bonds. The van der Waals surface area contributed by atoms with E-state index in [1.807, 2.05) is 36.4 Å². The van der Waals surface area contributed by atoms with Crippen molar-refractivity contribution in [1.29, 1.82) is 5.41 Å². The molecule has 0 radical (unpaired) electrons. The molecule has 0 saturated heterocycles. The number of rotatable bonds is 3. The van der Waals surface area contributed by atoms with Crippen molar-refractivity contribution in [2.45, 2.75) is 12.1 Å². The van der Waals surface area contributed by atoms with Crippen molar-refractivity contribution in [3.05, 3.63) is 72.3 Å². The van der Waals surface area contributed by atoms with Crippen LogP contribution in [0.25, 0.3) is 10.8 Å². The second-order valence-corrected chi connectivity index (χ2v) is 6.56. The average Bonchev–Trinajstić information content (AvgIpc) is 2.71. The molecule has 0 atom stereocenters. The van der Waals surface area contributed by atoms with Gasteiger partial charge in [-0.3, -0.25) is 5.41 Å². The third-order valence-corrected chi connectivity index (χ3v) is 4.72. The van der Waals surface area contributed by atoms with E-state index in [4.69, 9.17) is 5.41 Å². The van der Waals surface area contributed by atoms with Crippen LogP contribution in [0.15, 0.2) is 66.7 Å². The first-order valence-electron chi connectivity index (χ1n) is 8.63. The van der Waals surface area contributed by atoms with Crippen molar-refractivity contribution in [1.82, 2.24) is 0 Å². The molecule has 0 aromatic heterocycles. The topological polar surface area (TPSA) is 30.3 Å². The number of anilines is 2. The largest absolute Gasteiger partial charge is 0.458 e. The summed E-state index contributed by atoms with van der Waals surface area (Å²) in [5.41, 5.74) is -0.421. The van der Waals surface area contributed by atoms with Gasteiger partial charge in [-0.1, -0.05) is 48.5 Å². The van der Waals surface area contributed by atoms with E-state index in [0.717, 1.165) is 29.0 Å². The minimum absolute atomic E-state index is 0.0449. The van der Waals surface area contributed by atoms with Crippen molar-refractivity contribution in [3.8, 4) is 0 Å². The summed E-state index contributed by atoms with van der Waals surface area (Å²) in [6, 6.07) is 17.1. The van der Waals surface area contributed by atoms with Crippen LogP contribution in [-0.4, -0.2) is 26.2 Å². The lowest BCUT2D eigenvalue weighted by molar-refractivity contribution is -0.289. The Labute approximate surface area is 164 Å². The van der Waals surface area contributed by atoms with E-state index < -0.39 is 17.7 Å². The third kappa shape index (κ3) is 3.74. The molecule has 0 spiro atoms. The maximum atomic E-state index is 13.7. The van der Waals surface area contributed by atoms with Gasteiger partial charge in [0.25, 0.3) is 0 Å². The zero-order chi connectivity index (χ0) is 21.4. The monoisotopic (exact) mass is 407 g/mol. The van der Waals surface area contributed by atoms with Crippen LogP contribution in [0.2, 0.25) is 0 Å². The molecule has 0 aliphatic rings. The molecule has 0 aliphatic carbocycles. The van der Waals surface area contributed by atoms with Crippen LogP contribution in [0.1, 0.15) is 5.56 Å². The number of hydrogen-bond donors (Lipinski definition) is 1. The molecule has 0 bridgehead atoms. The Hall–Kier alpha value is -3.16.